The van der Waals surface area contributed by atoms with Crippen molar-refractivity contribution in [1.82, 2.24) is 5.43 Å². The molecule has 1 aromatic carbocycles. The van der Waals surface area contributed by atoms with Crippen LogP contribution in [0.3, 0.4) is 0 Å². The minimum Gasteiger partial charge on any atom is -0.496 e. The third-order valence-electron chi connectivity index (χ3n) is 3.77. The van der Waals surface area contributed by atoms with Crippen molar-refractivity contribution in [3.8, 4) is 5.75 Å². The van der Waals surface area contributed by atoms with Crippen molar-refractivity contribution in [2.24, 2.45) is 5.84 Å². The summed E-state index contributed by atoms with van der Waals surface area (Å²) in [5.74, 6) is 6.58. The SMILES string of the molecule is COc1ccccc1C(CCC1CCCCO1)NN. The van der Waals surface area contributed by atoms with Gasteiger partial charge in [0, 0.05) is 18.2 Å². The molecule has 1 aliphatic rings. The quantitative estimate of drug-likeness (QED) is 0.612. The van der Waals surface area contributed by atoms with E-state index in [0.29, 0.717) is 6.10 Å². The lowest BCUT2D eigenvalue weighted by Crippen LogP contribution is -2.30. The van der Waals surface area contributed by atoms with Crippen LogP contribution in [0.5, 0.6) is 5.75 Å². The highest BCUT2D eigenvalue weighted by Gasteiger charge is 2.19. The van der Waals surface area contributed by atoms with Gasteiger partial charge in [0.1, 0.15) is 5.75 Å². The lowest BCUT2D eigenvalue weighted by atomic mass is 9.97. The van der Waals surface area contributed by atoms with Crippen molar-refractivity contribution in [2.75, 3.05) is 13.7 Å². The van der Waals surface area contributed by atoms with Crippen LogP contribution in [0, 0.1) is 0 Å². The van der Waals surface area contributed by atoms with Gasteiger partial charge in [-0.2, -0.15) is 0 Å². The van der Waals surface area contributed by atoms with Crippen LogP contribution in [0.2, 0.25) is 0 Å². The van der Waals surface area contributed by atoms with Gasteiger partial charge in [0.05, 0.1) is 13.2 Å². The first kappa shape index (κ1) is 14.3. The highest BCUT2D eigenvalue weighted by atomic mass is 16.5. The fourth-order valence-corrected chi connectivity index (χ4v) is 2.67. The molecule has 2 atom stereocenters. The molecule has 0 aromatic heterocycles. The number of rotatable bonds is 6. The van der Waals surface area contributed by atoms with Gasteiger partial charge in [-0.15, -0.1) is 0 Å². The maximum Gasteiger partial charge on any atom is 0.123 e. The molecule has 0 bridgehead atoms. The van der Waals surface area contributed by atoms with Crippen LogP contribution < -0.4 is 16.0 Å². The molecule has 2 rings (SSSR count). The molecule has 1 heterocycles. The second-order valence-corrected chi connectivity index (χ2v) is 5.03. The second-order valence-electron chi connectivity index (χ2n) is 5.03. The molecule has 3 N–H and O–H groups in total. The van der Waals surface area contributed by atoms with E-state index >= 15 is 0 Å². The number of nitrogens with two attached hydrogens (primary N) is 1. The molecule has 0 radical (unpaired) electrons. The normalized spacial score (nSPS) is 21.1. The first-order chi connectivity index (χ1) is 9.35. The Bertz CT molecular complexity index is 378. The monoisotopic (exact) mass is 264 g/mol. The van der Waals surface area contributed by atoms with Crippen molar-refractivity contribution >= 4 is 0 Å². The summed E-state index contributed by atoms with van der Waals surface area (Å²) < 4.78 is 11.2. The highest BCUT2D eigenvalue weighted by Crippen LogP contribution is 2.29. The van der Waals surface area contributed by atoms with Crippen LogP contribution in [0.25, 0.3) is 0 Å². The van der Waals surface area contributed by atoms with Gasteiger partial charge in [0.2, 0.25) is 0 Å². The van der Waals surface area contributed by atoms with Gasteiger partial charge >= 0.3 is 0 Å². The predicted molar refractivity (Wildman–Crippen MR) is 75.9 cm³/mol. The van der Waals surface area contributed by atoms with Crippen molar-refractivity contribution < 1.29 is 9.47 Å². The van der Waals surface area contributed by atoms with Crippen molar-refractivity contribution in [1.29, 1.82) is 0 Å². The van der Waals surface area contributed by atoms with Gasteiger partial charge in [-0.1, -0.05) is 18.2 Å². The van der Waals surface area contributed by atoms with Crippen LogP contribution in [-0.2, 0) is 4.74 Å². The molecular formula is C15H24N2O2. The van der Waals surface area contributed by atoms with E-state index in [1.54, 1.807) is 7.11 Å². The van der Waals surface area contributed by atoms with Crippen molar-refractivity contribution in [2.45, 2.75) is 44.2 Å². The third kappa shape index (κ3) is 3.93. The van der Waals surface area contributed by atoms with Crippen LogP contribution in [0.4, 0.5) is 0 Å². The highest BCUT2D eigenvalue weighted by molar-refractivity contribution is 5.35. The lowest BCUT2D eigenvalue weighted by molar-refractivity contribution is 0.00851. The van der Waals surface area contributed by atoms with Gasteiger partial charge in [-0.3, -0.25) is 11.3 Å². The Morgan fingerprint density at radius 3 is 2.95 bits per heavy atom. The molecule has 1 aromatic rings. The summed E-state index contributed by atoms with van der Waals surface area (Å²) in [6.07, 6.45) is 6.03. The van der Waals surface area contributed by atoms with E-state index in [-0.39, 0.29) is 6.04 Å². The zero-order valence-electron chi connectivity index (χ0n) is 11.6. The number of benzene rings is 1. The molecule has 0 spiro atoms. The zero-order chi connectivity index (χ0) is 13.5. The molecule has 4 heteroatoms. The van der Waals surface area contributed by atoms with Gasteiger partial charge in [-0.05, 0) is 38.2 Å². The average Bonchev–Trinajstić information content (AvgIpc) is 2.49. The molecule has 19 heavy (non-hydrogen) atoms. The fourth-order valence-electron chi connectivity index (χ4n) is 2.67. The van der Waals surface area contributed by atoms with Crippen molar-refractivity contribution in [3.05, 3.63) is 29.8 Å². The Kier molecular flexibility index (Phi) is 5.63. The first-order valence-corrected chi connectivity index (χ1v) is 7.05. The van der Waals surface area contributed by atoms with E-state index < -0.39 is 0 Å². The number of methoxy groups -OCH3 is 1. The third-order valence-corrected chi connectivity index (χ3v) is 3.77. The molecule has 4 nitrogen and oxygen atoms in total. The summed E-state index contributed by atoms with van der Waals surface area (Å²) >= 11 is 0. The van der Waals surface area contributed by atoms with E-state index in [1.807, 2.05) is 18.2 Å². The Labute approximate surface area is 115 Å². The molecular weight excluding hydrogens is 240 g/mol. The largest absolute Gasteiger partial charge is 0.496 e. The zero-order valence-corrected chi connectivity index (χ0v) is 11.6. The molecule has 0 amide bonds. The van der Waals surface area contributed by atoms with Gasteiger partial charge in [0.15, 0.2) is 0 Å². The fraction of sp³-hybridized carbons (Fsp3) is 0.600. The van der Waals surface area contributed by atoms with Crippen LogP contribution in [0.15, 0.2) is 24.3 Å². The number of hydrazine groups is 1. The Morgan fingerprint density at radius 1 is 1.42 bits per heavy atom. The second kappa shape index (κ2) is 7.48. The summed E-state index contributed by atoms with van der Waals surface area (Å²) in [4.78, 5) is 0. The smallest absolute Gasteiger partial charge is 0.123 e. The van der Waals surface area contributed by atoms with Crippen molar-refractivity contribution in [3.63, 3.8) is 0 Å². The molecule has 1 saturated heterocycles. The van der Waals surface area contributed by atoms with Crippen LogP contribution in [0.1, 0.15) is 43.7 Å². The predicted octanol–water partition coefficient (Wildman–Crippen LogP) is 2.55. The van der Waals surface area contributed by atoms with Gasteiger partial charge in [-0.25, -0.2) is 0 Å². The van der Waals surface area contributed by atoms with E-state index in [1.165, 1.54) is 19.3 Å². The van der Waals surface area contributed by atoms with Crippen LogP contribution >= 0.6 is 0 Å². The van der Waals surface area contributed by atoms with E-state index in [0.717, 1.165) is 30.8 Å². The molecule has 0 saturated carbocycles. The molecule has 0 aliphatic carbocycles. The average molecular weight is 264 g/mol. The van der Waals surface area contributed by atoms with Crippen LogP contribution in [-0.4, -0.2) is 19.8 Å². The molecule has 106 valence electrons. The first-order valence-electron chi connectivity index (χ1n) is 7.05. The molecule has 2 unspecified atom stereocenters. The summed E-state index contributed by atoms with van der Waals surface area (Å²) in [6, 6.07) is 8.13. The Balaban J connectivity index is 1.95. The Hall–Kier alpha value is -1.10. The minimum atomic E-state index is 0.113. The maximum atomic E-state index is 5.77. The maximum absolute atomic E-state index is 5.77. The minimum absolute atomic E-state index is 0.113. The lowest BCUT2D eigenvalue weighted by Gasteiger charge is -2.25. The van der Waals surface area contributed by atoms with Gasteiger partial charge < -0.3 is 9.47 Å². The number of hydrogen-bond acceptors (Lipinski definition) is 4. The van der Waals surface area contributed by atoms with E-state index in [9.17, 15) is 0 Å². The summed E-state index contributed by atoms with van der Waals surface area (Å²) in [6.45, 7) is 0.903. The number of para-hydroxylation sites is 1. The Morgan fingerprint density at radius 2 is 2.26 bits per heavy atom. The standard InChI is InChI=1S/C15H24N2O2/c1-18-15-8-3-2-7-13(15)14(17-16)10-9-12-6-4-5-11-19-12/h2-3,7-8,12,14,17H,4-6,9-11,16H2,1H3. The van der Waals surface area contributed by atoms with E-state index in [4.69, 9.17) is 15.3 Å². The topological polar surface area (TPSA) is 56.5 Å². The number of nitrogens with one attached hydrogen (secondary N) is 1. The van der Waals surface area contributed by atoms with E-state index in [2.05, 4.69) is 11.5 Å². The van der Waals surface area contributed by atoms with Gasteiger partial charge in [0.25, 0.3) is 0 Å². The number of ether oxygens (including phenoxy) is 2. The molecule has 1 aliphatic heterocycles. The summed E-state index contributed by atoms with van der Waals surface area (Å²) in [5, 5.41) is 0. The summed E-state index contributed by atoms with van der Waals surface area (Å²) in [5.41, 5.74) is 4.01. The number of hydrogen-bond donors (Lipinski definition) is 2. The molecule has 1 fully saturated rings. The summed E-state index contributed by atoms with van der Waals surface area (Å²) in [7, 11) is 1.69.